The SMILES string of the molecule is O=C(O)CCC=CCC(CCCCCCC1C=C(CO)CC1)Cc1ccc(O)cc1. The van der Waals surface area contributed by atoms with Gasteiger partial charge in [0.15, 0.2) is 0 Å². The third-order valence-corrected chi connectivity index (χ3v) is 6.07. The number of carboxylic acid groups (broad SMARTS) is 1. The summed E-state index contributed by atoms with van der Waals surface area (Å²) in [6.45, 7) is 0.226. The maximum atomic E-state index is 10.6. The number of carbonyl (C=O) groups is 1. The fourth-order valence-electron chi connectivity index (χ4n) is 4.31. The van der Waals surface area contributed by atoms with Gasteiger partial charge < -0.3 is 15.3 Å². The van der Waals surface area contributed by atoms with Gasteiger partial charge in [-0.2, -0.15) is 0 Å². The van der Waals surface area contributed by atoms with Gasteiger partial charge in [0.25, 0.3) is 0 Å². The van der Waals surface area contributed by atoms with Crippen molar-refractivity contribution in [1.29, 1.82) is 0 Å². The minimum atomic E-state index is -0.749. The highest BCUT2D eigenvalue weighted by molar-refractivity contribution is 5.66. The summed E-state index contributed by atoms with van der Waals surface area (Å²) < 4.78 is 0. The van der Waals surface area contributed by atoms with E-state index < -0.39 is 5.97 Å². The quantitative estimate of drug-likeness (QED) is 0.242. The Morgan fingerprint density at radius 3 is 2.57 bits per heavy atom. The van der Waals surface area contributed by atoms with Gasteiger partial charge in [-0.25, -0.2) is 0 Å². The van der Waals surface area contributed by atoms with Crippen LogP contribution in [0.15, 0.2) is 48.1 Å². The highest BCUT2D eigenvalue weighted by Crippen LogP contribution is 2.28. The fraction of sp³-hybridized carbons (Fsp3) is 0.577. The molecule has 4 heteroatoms. The van der Waals surface area contributed by atoms with E-state index in [1.54, 1.807) is 12.1 Å². The van der Waals surface area contributed by atoms with Crippen molar-refractivity contribution in [3.05, 3.63) is 53.6 Å². The largest absolute Gasteiger partial charge is 0.508 e. The van der Waals surface area contributed by atoms with E-state index in [4.69, 9.17) is 5.11 Å². The van der Waals surface area contributed by atoms with E-state index in [0.29, 0.717) is 24.0 Å². The predicted molar refractivity (Wildman–Crippen MR) is 122 cm³/mol. The Hall–Kier alpha value is -2.07. The topological polar surface area (TPSA) is 77.8 Å². The van der Waals surface area contributed by atoms with E-state index in [9.17, 15) is 15.0 Å². The van der Waals surface area contributed by atoms with Crippen molar-refractivity contribution in [2.75, 3.05) is 6.61 Å². The van der Waals surface area contributed by atoms with Gasteiger partial charge in [0.05, 0.1) is 6.61 Å². The summed E-state index contributed by atoms with van der Waals surface area (Å²) >= 11 is 0. The van der Waals surface area contributed by atoms with E-state index in [-0.39, 0.29) is 13.0 Å². The van der Waals surface area contributed by atoms with Crippen LogP contribution in [0.4, 0.5) is 0 Å². The number of allylic oxidation sites excluding steroid dienone is 3. The number of benzene rings is 1. The molecule has 0 saturated carbocycles. The van der Waals surface area contributed by atoms with Crippen LogP contribution in [0.5, 0.6) is 5.75 Å². The second-order valence-corrected chi connectivity index (χ2v) is 8.65. The first-order valence-corrected chi connectivity index (χ1v) is 11.5. The second kappa shape index (κ2) is 14.0. The molecule has 30 heavy (non-hydrogen) atoms. The van der Waals surface area contributed by atoms with Crippen molar-refractivity contribution in [2.24, 2.45) is 11.8 Å². The Kier molecular flexibility index (Phi) is 11.3. The first kappa shape index (κ1) is 24.2. The maximum absolute atomic E-state index is 10.6. The lowest BCUT2D eigenvalue weighted by Gasteiger charge is -2.16. The molecule has 0 amide bonds. The average Bonchev–Trinajstić information content (AvgIpc) is 3.19. The first-order valence-electron chi connectivity index (χ1n) is 11.5. The smallest absolute Gasteiger partial charge is 0.303 e. The molecule has 0 fully saturated rings. The molecule has 1 aromatic rings. The lowest BCUT2D eigenvalue weighted by molar-refractivity contribution is -0.136. The Labute approximate surface area is 181 Å². The Morgan fingerprint density at radius 2 is 1.87 bits per heavy atom. The van der Waals surface area contributed by atoms with E-state index in [1.165, 1.54) is 56.1 Å². The van der Waals surface area contributed by atoms with E-state index in [0.717, 1.165) is 19.3 Å². The van der Waals surface area contributed by atoms with E-state index in [2.05, 4.69) is 12.2 Å². The molecule has 0 spiro atoms. The van der Waals surface area contributed by atoms with Gasteiger partial charge >= 0.3 is 5.97 Å². The molecule has 0 saturated heterocycles. The number of hydrogen-bond donors (Lipinski definition) is 3. The normalized spacial score (nSPS) is 17.4. The molecular weight excluding hydrogens is 376 g/mol. The minimum Gasteiger partial charge on any atom is -0.508 e. The third-order valence-electron chi connectivity index (χ3n) is 6.07. The van der Waals surface area contributed by atoms with Crippen molar-refractivity contribution in [2.45, 2.75) is 77.0 Å². The van der Waals surface area contributed by atoms with Crippen LogP contribution in [0.1, 0.15) is 76.2 Å². The number of phenolic OH excluding ortho intramolecular Hbond substituents is 1. The van der Waals surface area contributed by atoms with E-state index in [1.807, 2.05) is 18.2 Å². The Balaban J connectivity index is 1.69. The number of carboxylic acids is 1. The number of unbranched alkanes of at least 4 members (excludes halogenated alkanes) is 3. The summed E-state index contributed by atoms with van der Waals surface area (Å²) in [5.41, 5.74) is 2.46. The molecule has 2 atom stereocenters. The molecule has 0 radical (unpaired) electrons. The lowest BCUT2D eigenvalue weighted by Crippen LogP contribution is -2.04. The molecule has 1 aliphatic rings. The molecule has 0 bridgehead atoms. The fourth-order valence-corrected chi connectivity index (χ4v) is 4.31. The van der Waals surface area contributed by atoms with Gasteiger partial charge in [-0.3, -0.25) is 4.79 Å². The van der Waals surface area contributed by atoms with Crippen LogP contribution in [-0.2, 0) is 11.2 Å². The Morgan fingerprint density at radius 1 is 1.10 bits per heavy atom. The van der Waals surface area contributed by atoms with Crippen LogP contribution >= 0.6 is 0 Å². The molecule has 1 aromatic carbocycles. The predicted octanol–water partition coefficient (Wildman–Crippen LogP) is 6.03. The zero-order valence-electron chi connectivity index (χ0n) is 18.1. The summed E-state index contributed by atoms with van der Waals surface area (Å²) in [5.74, 6) is 0.763. The summed E-state index contributed by atoms with van der Waals surface area (Å²) in [6.07, 6.45) is 18.8. The van der Waals surface area contributed by atoms with Gasteiger partial charge in [-0.1, -0.05) is 56.0 Å². The Bertz CT molecular complexity index is 675. The van der Waals surface area contributed by atoms with Crippen molar-refractivity contribution in [3.8, 4) is 5.75 Å². The molecule has 1 aliphatic carbocycles. The summed E-state index contributed by atoms with van der Waals surface area (Å²) in [4.78, 5) is 10.6. The number of aliphatic hydroxyl groups is 1. The van der Waals surface area contributed by atoms with Gasteiger partial charge in [0.1, 0.15) is 5.75 Å². The van der Waals surface area contributed by atoms with E-state index >= 15 is 0 Å². The van der Waals surface area contributed by atoms with Crippen molar-refractivity contribution < 1.29 is 20.1 Å². The number of aromatic hydroxyl groups is 1. The van der Waals surface area contributed by atoms with Crippen molar-refractivity contribution in [3.63, 3.8) is 0 Å². The number of hydrogen-bond acceptors (Lipinski definition) is 3. The van der Waals surface area contributed by atoms with Crippen LogP contribution in [0, 0.1) is 11.8 Å². The second-order valence-electron chi connectivity index (χ2n) is 8.65. The molecule has 166 valence electrons. The van der Waals surface area contributed by atoms with Crippen LogP contribution < -0.4 is 0 Å². The lowest BCUT2D eigenvalue weighted by atomic mass is 9.90. The zero-order valence-corrected chi connectivity index (χ0v) is 18.1. The molecule has 2 unspecified atom stereocenters. The van der Waals surface area contributed by atoms with Crippen LogP contribution in [0.2, 0.25) is 0 Å². The number of rotatable bonds is 15. The zero-order chi connectivity index (χ0) is 21.6. The highest BCUT2D eigenvalue weighted by Gasteiger charge is 2.14. The molecule has 4 nitrogen and oxygen atoms in total. The minimum absolute atomic E-state index is 0.190. The standard InChI is InChI=1S/C26H38O4/c27-20-24-13-12-22(19-24)10-5-2-1-4-8-21(9-6-3-7-11-26(29)30)18-23-14-16-25(28)17-15-23/h3,6,14-17,19,21-22,27-28H,1-2,4-5,7-13,18,20H2,(H,29,30). The third kappa shape index (κ3) is 10.1. The first-order chi connectivity index (χ1) is 14.6. The summed E-state index contributed by atoms with van der Waals surface area (Å²) in [5, 5.41) is 27.4. The van der Waals surface area contributed by atoms with Crippen LogP contribution in [0.3, 0.4) is 0 Å². The maximum Gasteiger partial charge on any atom is 0.303 e. The summed E-state index contributed by atoms with van der Waals surface area (Å²) in [6, 6.07) is 7.47. The van der Waals surface area contributed by atoms with Gasteiger partial charge in [0, 0.05) is 6.42 Å². The number of aliphatic carboxylic acids is 1. The number of phenols is 1. The molecule has 0 heterocycles. The summed E-state index contributed by atoms with van der Waals surface area (Å²) in [7, 11) is 0. The van der Waals surface area contributed by atoms with Gasteiger partial charge in [-0.15, -0.1) is 0 Å². The van der Waals surface area contributed by atoms with Gasteiger partial charge in [-0.05, 0) is 80.1 Å². The molecule has 0 aliphatic heterocycles. The van der Waals surface area contributed by atoms with Crippen LogP contribution in [0.25, 0.3) is 0 Å². The average molecular weight is 415 g/mol. The molecular formula is C26H38O4. The van der Waals surface area contributed by atoms with Crippen molar-refractivity contribution >= 4 is 5.97 Å². The monoisotopic (exact) mass is 414 g/mol. The highest BCUT2D eigenvalue weighted by atomic mass is 16.4. The molecule has 2 rings (SSSR count). The van der Waals surface area contributed by atoms with Crippen LogP contribution in [-0.4, -0.2) is 27.9 Å². The number of aliphatic hydroxyl groups excluding tert-OH is 1. The molecule has 0 aromatic heterocycles. The van der Waals surface area contributed by atoms with Crippen molar-refractivity contribution in [1.82, 2.24) is 0 Å². The van der Waals surface area contributed by atoms with Gasteiger partial charge in [0.2, 0.25) is 0 Å². The molecule has 3 N–H and O–H groups in total.